The normalized spacial score (nSPS) is 27.6. The van der Waals surface area contributed by atoms with Crippen LogP contribution >= 0.6 is 11.8 Å². The van der Waals surface area contributed by atoms with Gasteiger partial charge in [0, 0.05) is 23.4 Å². The first kappa shape index (κ1) is 12.8. The average Bonchev–Trinajstić information content (AvgIpc) is 3.16. The van der Waals surface area contributed by atoms with E-state index in [4.69, 9.17) is 4.42 Å². The minimum Gasteiger partial charge on any atom is -0.405 e. The van der Waals surface area contributed by atoms with E-state index in [9.17, 15) is 14.9 Å². The number of allylic oxidation sites excluding steroid dienone is 2. The molecule has 0 saturated carbocycles. The predicted molar refractivity (Wildman–Crippen MR) is 77.7 cm³/mol. The van der Waals surface area contributed by atoms with Crippen LogP contribution in [0.3, 0.4) is 0 Å². The molecule has 0 bridgehead atoms. The van der Waals surface area contributed by atoms with E-state index in [1.807, 2.05) is 0 Å². The van der Waals surface area contributed by atoms with E-state index in [2.05, 4.69) is 4.99 Å². The van der Waals surface area contributed by atoms with E-state index in [-0.39, 0.29) is 22.8 Å². The van der Waals surface area contributed by atoms with Crippen LogP contribution in [0.2, 0.25) is 0 Å². The molecule has 4 rings (SSSR count). The van der Waals surface area contributed by atoms with Crippen molar-refractivity contribution >= 4 is 29.1 Å². The van der Waals surface area contributed by atoms with E-state index >= 15 is 0 Å². The van der Waals surface area contributed by atoms with Gasteiger partial charge in [0.1, 0.15) is 10.7 Å². The molecule has 7 heteroatoms. The lowest BCUT2D eigenvalue weighted by molar-refractivity contribution is -0.402. The third-order valence-electron chi connectivity index (χ3n) is 4.18. The van der Waals surface area contributed by atoms with Gasteiger partial charge >= 0.3 is 5.88 Å². The van der Waals surface area contributed by atoms with E-state index in [1.165, 1.54) is 6.07 Å². The van der Waals surface area contributed by atoms with Crippen LogP contribution in [0, 0.1) is 10.1 Å². The van der Waals surface area contributed by atoms with Crippen molar-refractivity contribution in [2.45, 2.75) is 30.4 Å². The average molecular weight is 304 g/mol. The van der Waals surface area contributed by atoms with E-state index in [0.717, 1.165) is 23.6 Å². The molecule has 0 spiro atoms. The molecule has 3 aliphatic rings. The van der Waals surface area contributed by atoms with Crippen molar-refractivity contribution in [1.29, 1.82) is 0 Å². The van der Waals surface area contributed by atoms with Crippen LogP contribution in [0.4, 0.5) is 5.88 Å². The number of hydrogen-bond donors (Lipinski definition) is 0. The molecule has 21 heavy (non-hydrogen) atoms. The van der Waals surface area contributed by atoms with E-state index in [0.29, 0.717) is 24.2 Å². The Labute approximate surface area is 124 Å². The Bertz CT molecular complexity index is 718. The van der Waals surface area contributed by atoms with Gasteiger partial charge in [-0.05, 0) is 24.7 Å². The summed E-state index contributed by atoms with van der Waals surface area (Å²) in [6.07, 6.45) is 2.08. The lowest BCUT2D eigenvalue weighted by Gasteiger charge is -2.26. The molecule has 2 aliphatic heterocycles. The van der Waals surface area contributed by atoms with Crippen LogP contribution in [0.15, 0.2) is 32.8 Å². The molecule has 2 atom stereocenters. The maximum absolute atomic E-state index is 12.2. The minimum atomic E-state index is -0.547. The quantitative estimate of drug-likeness (QED) is 0.619. The second-order valence-electron chi connectivity index (χ2n) is 5.34. The highest BCUT2D eigenvalue weighted by Crippen LogP contribution is 2.48. The number of thioether (sulfide) groups is 1. The highest BCUT2D eigenvalue weighted by molar-refractivity contribution is 8.01. The maximum Gasteiger partial charge on any atom is 0.433 e. The van der Waals surface area contributed by atoms with Gasteiger partial charge in [-0.1, -0.05) is 0 Å². The zero-order valence-corrected chi connectivity index (χ0v) is 11.9. The molecule has 1 aliphatic carbocycles. The summed E-state index contributed by atoms with van der Waals surface area (Å²) in [4.78, 5) is 27.1. The van der Waals surface area contributed by atoms with Crippen LogP contribution < -0.4 is 0 Å². The molecule has 2 unspecified atom stereocenters. The highest BCUT2D eigenvalue weighted by atomic mass is 32.2. The van der Waals surface area contributed by atoms with Crippen LogP contribution in [0.1, 0.15) is 30.9 Å². The fraction of sp³-hybridized carbons (Fsp3) is 0.429. The fourth-order valence-corrected chi connectivity index (χ4v) is 4.70. The first-order valence-electron chi connectivity index (χ1n) is 6.84. The van der Waals surface area contributed by atoms with Crippen molar-refractivity contribution in [3.63, 3.8) is 0 Å². The number of ketones is 1. The Hall–Kier alpha value is -1.89. The lowest BCUT2D eigenvalue weighted by Crippen LogP contribution is -2.28. The summed E-state index contributed by atoms with van der Waals surface area (Å²) in [5.41, 5.74) is 2.66. The Morgan fingerprint density at radius 2 is 2.19 bits per heavy atom. The molecule has 0 radical (unpaired) electrons. The maximum atomic E-state index is 12.2. The van der Waals surface area contributed by atoms with E-state index < -0.39 is 4.92 Å². The Kier molecular flexibility index (Phi) is 2.78. The summed E-state index contributed by atoms with van der Waals surface area (Å²) in [6, 6.07) is 2.99. The van der Waals surface area contributed by atoms with Crippen LogP contribution in [-0.2, 0) is 4.79 Å². The van der Waals surface area contributed by atoms with Crippen molar-refractivity contribution in [2.24, 2.45) is 4.99 Å². The SMILES string of the molecule is O=C1CCC2=C1C(c1ccc([N+](=O)[O-])o1)C1SCCC1=N2. The third-order valence-corrected chi connectivity index (χ3v) is 5.52. The van der Waals surface area contributed by atoms with Crippen molar-refractivity contribution in [3.05, 3.63) is 39.3 Å². The molecule has 0 aromatic carbocycles. The van der Waals surface area contributed by atoms with Crippen molar-refractivity contribution in [2.75, 3.05) is 5.75 Å². The van der Waals surface area contributed by atoms with Gasteiger partial charge in [0.25, 0.3) is 0 Å². The smallest absolute Gasteiger partial charge is 0.405 e. The Morgan fingerprint density at radius 3 is 2.95 bits per heavy atom. The molecule has 108 valence electrons. The van der Waals surface area contributed by atoms with Gasteiger partial charge < -0.3 is 4.42 Å². The molecular formula is C14H12N2O4S. The summed E-state index contributed by atoms with van der Waals surface area (Å²) < 4.78 is 5.40. The van der Waals surface area contributed by atoms with Gasteiger partial charge in [0.2, 0.25) is 0 Å². The first-order valence-corrected chi connectivity index (χ1v) is 7.89. The Morgan fingerprint density at radius 1 is 1.33 bits per heavy atom. The number of fused-ring (bicyclic) bond motifs is 1. The van der Waals surface area contributed by atoms with Gasteiger partial charge in [-0.2, -0.15) is 11.8 Å². The second kappa shape index (κ2) is 4.56. The van der Waals surface area contributed by atoms with Crippen LogP contribution in [0.25, 0.3) is 0 Å². The number of Topliss-reactive ketones (excluding diaryl/α,β-unsaturated/α-hetero) is 1. The molecule has 1 aromatic heterocycles. The molecule has 0 amide bonds. The zero-order chi connectivity index (χ0) is 14.6. The molecule has 6 nitrogen and oxygen atoms in total. The minimum absolute atomic E-state index is 0.0801. The first-order chi connectivity index (χ1) is 10.1. The topological polar surface area (TPSA) is 85.7 Å². The summed E-state index contributed by atoms with van der Waals surface area (Å²) >= 11 is 1.75. The van der Waals surface area contributed by atoms with Crippen molar-refractivity contribution in [1.82, 2.24) is 0 Å². The standard InChI is InChI=1S/C14H12N2O4S/c17-9-2-1-7-12(9)13(14-8(15-7)5-6-21-14)10-3-4-11(20-10)16(18)19/h3-4,13-14H,1-2,5-6H2. The lowest BCUT2D eigenvalue weighted by atomic mass is 9.86. The van der Waals surface area contributed by atoms with Gasteiger partial charge in [-0.25, -0.2) is 0 Å². The fourth-order valence-electron chi connectivity index (χ4n) is 3.29. The number of carbonyl (C=O) groups is 1. The summed E-state index contributed by atoms with van der Waals surface area (Å²) in [7, 11) is 0. The van der Waals surface area contributed by atoms with Crippen LogP contribution in [-0.4, -0.2) is 27.4 Å². The monoisotopic (exact) mass is 304 g/mol. The third kappa shape index (κ3) is 1.87. The van der Waals surface area contributed by atoms with Crippen molar-refractivity contribution in [3.8, 4) is 0 Å². The Balaban J connectivity index is 1.82. The molecular weight excluding hydrogens is 292 g/mol. The zero-order valence-electron chi connectivity index (χ0n) is 11.1. The summed E-state index contributed by atoms with van der Waals surface area (Å²) in [5, 5.41) is 10.9. The van der Waals surface area contributed by atoms with Gasteiger partial charge in [0.15, 0.2) is 5.78 Å². The summed E-state index contributed by atoms with van der Waals surface area (Å²) in [6.45, 7) is 0. The van der Waals surface area contributed by atoms with Gasteiger partial charge in [-0.15, -0.1) is 0 Å². The van der Waals surface area contributed by atoms with Gasteiger partial charge in [-0.3, -0.25) is 19.9 Å². The number of nitrogens with zero attached hydrogens (tertiary/aromatic N) is 2. The molecule has 0 N–H and O–H groups in total. The summed E-state index contributed by atoms with van der Waals surface area (Å²) in [5.74, 6) is 1.09. The largest absolute Gasteiger partial charge is 0.433 e. The second-order valence-corrected chi connectivity index (χ2v) is 6.59. The van der Waals surface area contributed by atoms with E-state index in [1.54, 1.807) is 17.8 Å². The number of rotatable bonds is 2. The van der Waals surface area contributed by atoms with Crippen molar-refractivity contribution < 1.29 is 14.1 Å². The van der Waals surface area contributed by atoms with Gasteiger partial charge in [0.05, 0.1) is 17.2 Å². The number of nitro groups is 1. The number of furan rings is 1. The van der Waals surface area contributed by atoms with Crippen LogP contribution in [0.5, 0.6) is 0 Å². The molecule has 1 fully saturated rings. The highest BCUT2D eigenvalue weighted by Gasteiger charge is 2.45. The number of aliphatic imine (C=N–C) groups is 1. The molecule has 1 aromatic rings. The predicted octanol–water partition coefficient (Wildman–Crippen LogP) is 2.85. The molecule has 3 heterocycles. The number of carbonyl (C=O) groups excluding carboxylic acids is 1. The number of hydrogen-bond acceptors (Lipinski definition) is 6. The molecule has 1 saturated heterocycles.